The predicted molar refractivity (Wildman–Crippen MR) is 82.7 cm³/mol. The number of benzene rings is 2. The van der Waals surface area contributed by atoms with Crippen molar-refractivity contribution in [2.45, 2.75) is 25.7 Å². The molecule has 0 amide bonds. The second-order valence-corrected chi connectivity index (χ2v) is 5.38. The average Bonchev–Trinajstić information content (AvgIpc) is 2.43. The van der Waals surface area contributed by atoms with Gasteiger partial charge in [0.1, 0.15) is 0 Å². The van der Waals surface area contributed by atoms with Crippen LogP contribution in [-0.2, 0) is 6.42 Å². The molecule has 0 bridgehead atoms. The molecule has 0 radical (unpaired) electrons. The van der Waals surface area contributed by atoms with E-state index < -0.39 is 0 Å². The van der Waals surface area contributed by atoms with Crippen molar-refractivity contribution in [2.24, 2.45) is 5.73 Å². The van der Waals surface area contributed by atoms with Crippen molar-refractivity contribution in [1.29, 1.82) is 0 Å². The molecule has 2 aromatic rings. The maximum atomic E-state index is 6.27. The van der Waals surface area contributed by atoms with Crippen molar-refractivity contribution in [3.63, 3.8) is 0 Å². The minimum atomic E-state index is 0.401. The highest BCUT2D eigenvalue weighted by atomic mass is 35.5. The van der Waals surface area contributed by atoms with Crippen LogP contribution in [0.1, 0.15) is 29.0 Å². The van der Waals surface area contributed by atoms with E-state index in [0.717, 1.165) is 17.9 Å². The van der Waals surface area contributed by atoms with Crippen LogP contribution in [0.5, 0.6) is 0 Å². The molecule has 0 aliphatic heterocycles. The quantitative estimate of drug-likeness (QED) is 0.862. The van der Waals surface area contributed by atoms with Crippen molar-refractivity contribution in [3.05, 3.63) is 70.2 Å². The molecule has 100 valence electrons. The normalized spacial score (nSPS) is 12.4. The SMILES string of the molecule is Cc1ccc(CCC(CN)c2ccccc2)c(Cl)c1. The van der Waals surface area contributed by atoms with E-state index in [0.29, 0.717) is 12.5 Å². The number of aryl methyl sites for hydroxylation is 2. The third kappa shape index (κ3) is 3.82. The molecule has 19 heavy (non-hydrogen) atoms. The van der Waals surface area contributed by atoms with Crippen molar-refractivity contribution >= 4 is 11.6 Å². The standard InChI is InChI=1S/C17H20ClN/c1-13-7-8-15(17(18)11-13)9-10-16(12-19)14-5-3-2-4-6-14/h2-8,11,16H,9-10,12,19H2,1H3. The molecule has 2 N–H and O–H groups in total. The maximum absolute atomic E-state index is 6.27. The van der Waals surface area contributed by atoms with Crippen LogP contribution in [0, 0.1) is 6.92 Å². The van der Waals surface area contributed by atoms with Gasteiger partial charge in [-0.2, -0.15) is 0 Å². The molecule has 1 nitrogen and oxygen atoms in total. The Bertz CT molecular complexity index is 522. The highest BCUT2D eigenvalue weighted by Gasteiger charge is 2.10. The first-order chi connectivity index (χ1) is 9.20. The minimum absolute atomic E-state index is 0.401. The van der Waals surface area contributed by atoms with Crippen LogP contribution in [0.15, 0.2) is 48.5 Å². The van der Waals surface area contributed by atoms with Gasteiger partial charge in [-0.15, -0.1) is 0 Å². The fraction of sp³-hybridized carbons (Fsp3) is 0.294. The number of hydrogen-bond acceptors (Lipinski definition) is 1. The number of halogens is 1. The molecule has 0 heterocycles. The topological polar surface area (TPSA) is 26.0 Å². The van der Waals surface area contributed by atoms with E-state index in [2.05, 4.69) is 43.3 Å². The lowest BCUT2D eigenvalue weighted by Gasteiger charge is -2.15. The van der Waals surface area contributed by atoms with E-state index >= 15 is 0 Å². The first kappa shape index (κ1) is 14.1. The summed E-state index contributed by atoms with van der Waals surface area (Å²) >= 11 is 6.27. The largest absolute Gasteiger partial charge is 0.330 e. The van der Waals surface area contributed by atoms with E-state index in [1.807, 2.05) is 12.1 Å². The van der Waals surface area contributed by atoms with Crippen LogP contribution in [0.4, 0.5) is 0 Å². The number of hydrogen-bond donors (Lipinski definition) is 1. The van der Waals surface area contributed by atoms with Crippen LogP contribution >= 0.6 is 11.6 Å². The van der Waals surface area contributed by atoms with Gasteiger partial charge in [-0.25, -0.2) is 0 Å². The summed E-state index contributed by atoms with van der Waals surface area (Å²) in [5.41, 5.74) is 9.62. The zero-order valence-electron chi connectivity index (χ0n) is 11.3. The van der Waals surface area contributed by atoms with Gasteiger partial charge in [0.25, 0.3) is 0 Å². The summed E-state index contributed by atoms with van der Waals surface area (Å²) in [7, 11) is 0. The molecule has 0 aromatic heterocycles. The Morgan fingerprint density at radius 3 is 2.47 bits per heavy atom. The predicted octanol–water partition coefficient (Wildman–Crippen LogP) is 4.32. The zero-order chi connectivity index (χ0) is 13.7. The molecule has 2 heteroatoms. The fourth-order valence-corrected chi connectivity index (χ4v) is 2.66. The average molecular weight is 274 g/mol. The number of rotatable bonds is 5. The molecule has 2 rings (SSSR count). The fourth-order valence-electron chi connectivity index (χ4n) is 2.33. The molecule has 0 aliphatic rings. The van der Waals surface area contributed by atoms with E-state index in [9.17, 15) is 0 Å². The summed E-state index contributed by atoms with van der Waals surface area (Å²) < 4.78 is 0. The Morgan fingerprint density at radius 2 is 1.84 bits per heavy atom. The molecule has 0 fully saturated rings. The van der Waals surface area contributed by atoms with Gasteiger partial charge in [0.2, 0.25) is 0 Å². The molecule has 0 saturated heterocycles. The molecule has 1 atom stereocenters. The highest BCUT2D eigenvalue weighted by molar-refractivity contribution is 6.31. The summed E-state index contributed by atoms with van der Waals surface area (Å²) in [6.45, 7) is 2.73. The first-order valence-electron chi connectivity index (χ1n) is 6.70. The Kier molecular flexibility index (Phi) is 5.00. The van der Waals surface area contributed by atoms with Crippen LogP contribution in [0.3, 0.4) is 0 Å². The monoisotopic (exact) mass is 273 g/mol. The van der Waals surface area contributed by atoms with E-state index in [-0.39, 0.29) is 0 Å². The zero-order valence-corrected chi connectivity index (χ0v) is 12.0. The Balaban J connectivity index is 2.04. The van der Waals surface area contributed by atoms with Crippen molar-refractivity contribution in [2.75, 3.05) is 6.54 Å². The van der Waals surface area contributed by atoms with Crippen LogP contribution < -0.4 is 5.73 Å². The second kappa shape index (κ2) is 6.74. The summed E-state index contributed by atoms with van der Waals surface area (Å²) in [6.07, 6.45) is 2.00. The van der Waals surface area contributed by atoms with Gasteiger partial charge in [0, 0.05) is 5.02 Å². The van der Waals surface area contributed by atoms with Gasteiger partial charge in [-0.3, -0.25) is 0 Å². The van der Waals surface area contributed by atoms with Crippen molar-refractivity contribution in [3.8, 4) is 0 Å². The molecular formula is C17H20ClN. The number of nitrogens with two attached hydrogens (primary N) is 1. The van der Waals surface area contributed by atoms with Gasteiger partial charge in [-0.1, -0.05) is 54.1 Å². The van der Waals surface area contributed by atoms with Gasteiger partial charge in [0.15, 0.2) is 0 Å². The van der Waals surface area contributed by atoms with Crippen LogP contribution in [0.25, 0.3) is 0 Å². The van der Waals surface area contributed by atoms with Crippen LogP contribution in [0.2, 0.25) is 5.02 Å². The Labute approximate surface area is 120 Å². The summed E-state index contributed by atoms with van der Waals surface area (Å²) in [6, 6.07) is 16.7. The summed E-state index contributed by atoms with van der Waals surface area (Å²) in [4.78, 5) is 0. The first-order valence-corrected chi connectivity index (χ1v) is 7.08. The van der Waals surface area contributed by atoms with E-state index in [1.54, 1.807) is 0 Å². The molecule has 0 saturated carbocycles. The second-order valence-electron chi connectivity index (χ2n) is 4.98. The van der Waals surface area contributed by atoms with Crippen molar-refractivity contribution in [1.82, 2.24) is 0 Å². The van der Waals surface area contributed by atoms with Gasteiger partial charge in [-0.05, 0) is 55.0 Å². The third-order valence-electron chi connectivity index (χ3n) is 3.53. The van der Waals surface area contributed by atoms with Crippen LogP contribution in [-0.4, -0.2) is 6.54 Å². The Morgan fingerprint density at radius 1 is 1.11 bits per heavy atom. The van der Waals surface area contributed by atoms with Crippen molar-refractivity contribution < 1.29 is 0 Å². The smallest absolute Gasteiger partial charge is 0.0440 e. The minimum Gasteiger partial charge on any atom is -0.330 e. The molecule has 1 unspecified atom stereocenters. The maximum Gasteiger partial charge on any atom is 0.0440 e. The van der Waals surface area contributed by atoms with E-state index in [4.69, 9.17) is 17.3 Å². The highest BCUT2D eigenvalue weighted by Crippen LogP contribution is 2.24. The third-order valence-corrected chi connectivity index (χ3v) is 3.88. The summed E-state index contributed by atoms with van der Waals surface area (Å²) in [5, 5.41) is 0.865. The lowest BCUT2D eigenvalue weighted by atomic mass is 9.92. The Hall–Kier alpha value is -1.31. The van der Waals surface area contributed by atoms with E-state index in [1.165, 1.54) is 16.7 Å². The molecule has 0 aliphatic carbocycles. The molecule has 0 spiro atoms. The molecule has 2 aromatic carbocycles. The van der Waals surface area contributed by atoms with Gasteiger partial charge in [0.05, 0.1) is 0 Å². The molecular weight excluding hydrogens is 254 g/mol. The van der Waals surface area contributed by atoms with Gasteiger partial charge >= 0.3 is 0 Å². The van der Waals surface area contributed by atoms with Gasteiger partial charge < -0.3 is 5.73 Å². The summed E-state index contributed by atoms with van der Waals surface area (Å²) in [5.74, 6) is 0.401. The lowest BCUT2D eigenvalue weighted by molar-refractivity contribution is 0.634. The lowest BCUT2D eigenvalue weighted by Crippen LogP contribution is -2.13.